The molecule has 0 spiro atoms. The van der Waals surface area contributed by atoms with E-state index in [4.69, 9.17) is 0 Å². The second-order valence-corrected chi connectivity index (χ2v) is 5.02. The van der Waals surface area contributed by atoms with Crippen LogP contribution in [0.3, 0.4) is 0 Å². The summed E-state index contributed by atoms with van der Waals surface area (Å²) in [4.78, 5) is 8.80. The molecular formula is C14H13BrN4. The summed E-state index contributed by atoms with van der Waals surface area (Å²) in [7, 11) is 0. The van der Waals surface area contributed by atoms with Crippen LogP contribution in [0.15, 0.2) is 47.5 Å². The number of imidazole rings is 1. The average Bonchev–Trinajstić information content (AvgIpc) is 2.87. The Balaban J connectivity index is 2.07. The van der Waals surface area contributed by atoms with E-state index in [1.165, 1.54) is 5.56 Å². The van der Waals surface area contributed by atoms with Gasteiger partial charge >= 0.3 is 0 Å². The van der Waals surface area contributed by atoms with Gasteiger partial charge in [-0.2, -0.15) is 0 Å². The molecule has 0 aliphatic carbocycles. The number of aromatic nitrogens is 3. The Morgan fingerprint density at radius 2 is 2.16 bits per heavy atom. The standard InChI is InChI=1S/C14H13BrN4/c1-2-10-5-3-4-6-11(10)17-13-14-16-7-8-19(14)9-12(15)18-13/h3-9H,2H2,1H3,(H,17,18). The van der Waals surface area contributed by atoms with Gasteiger partial charge in [0.2, 0.25) is 0 Å². The molecular weight excluding hydrogens is 304 g/mol. The summed E-state index contributed by atoms with van der Waals surface area (Å²) in [6.45, 7) is 2.14. The van der Waals surface area contributed by atoms with Gasteiger partial charge in [-0.25, -0.2) is 9.97 Å². The number of nitrogens with one attached hydrogen (secondary N) is 1. The van der Waals surface area contributed by atoms with Crippen molar-refractivity contribution < 1.29 is 0 Å². The normalized spacial score (nSPS) is 10.8. The molecule has 1 N–H and O–H groups in total. The largest absolute Gasteiger partial charge is 0.337 e. The van der Waals surface area contributed by atoms with Gasteiger partial charge < -0.3 is 9.72 Å². The third kappa shape index (κ3) is 2.33. The minimum atomic E-state index is 0.750. The minimum Gasteiger partial charge on any atom is -0.337 e. The molecule has 0 fully saturated rings. The molecule has 0 amide bonds. The summed E-state index contributed by atoms with van der Waals surface area (Å²) in [5.41, 5.74) is 3.14. The molecule has 0 radical (unpaired) electrons. The molecule has 0 aliphatic rings. The second kappa shape index (κ2) is 5.01. The number of fused-ring (bicyclic) bond motifs is 1. The van der Waals surface area contributed by atoms with Crippen molar-refractivity contribution in [1.29, 1.82) is 0 Å². The van der Waals surface area contributed by atoms with E-state index in [1.54, 1.807) is 6.20 Å². The summed E-state index contributed by atoms with van der Waals surface area (Å²) in [5.74, 6) is 0.750. The van der Waals surface area contributed by atoms with Gasteiger partial charge in [-0.1, -0.05) is 25.1 Å². The third-order valence-corrected chi connectivity index (χ3v) is 3.38. The molecule has 3 aromatic rings. The summed E-state index contributed by atoms with van der Waals surface area (Å²) in [6, 6.07) is 8.23. The fourth-order valence-electron chi connectivity index (χ4n) is 2.06. The van der Waals surface area contributed by atoms with E-state index in [0.29, 0.717) is 0 Å². The van der Waals surface area contributed by atoms with Crippen molar-refractivity contribution >= 4 is 33.1 Å². The maximum Gasteiger partial charge on any atom is 0.180 e. The highest BCUT2D eigenvalue weighted by molar-refractivity contribution is 9.10. The Kier molecular flexibility index (Phi) is 3.21. The SMILES string of the molecule is CCc1ccccc1Nc1nc(Br)cn2ccnc12. The van der Waals surface area contributed by atoms with Crippen LogP contribution in [0.25, 0.3) is 5.65 Å². The number of halogens is 1. The number of rotatable bonds is 3. The van der Waals surface area contributed by atoms with Crippen molar-refractivity contribution in [1.82, 2.24) is 14.4 Å². The molecule has 0 bridgehead atoms. The molecule has 2 heterocycles. The topological polar surface area (TPSA) is 42.2 Å². The van der Waals surface area contributed by atoms with E-state index in [-0.39, 0.29) is 0 Å². The number of benzene rings is 1. The lowest BCUT2D eigenvalue weighted by Gasteiger charge is -2.11. The number of para-hydroxylation sites is 1. The first-order valence-electron chi connectivity index (χ1n) is 6.12. The molecule has 19 heavy (non-hydrogen) atoms. The maximum atomic E-state index is 4.47. The van der Waals surface area contributed by atoms with Gasteiger partial charge in [-0.05, 0) is 34.0 Å². The van der Waals surface area contributed by atoms with Crippen LogP contribution in [0.5, 0.6) is 0 Å². The van der Waals surface area contributed by atoms with Crippen LogP contribution in [0.2, 0.25) is 0 Å². The highest BCUT2D eigenvalue weighted by Gasteiger charge is 2.08. The third-order valence-electron chi connectivity index (χ3n) is 3.00. The predicted octanol–water partition coefficient (Wildman–Crippen LogP) is 3.80. The first kappa shape index (κ1) is 12.2. The Bertz CT molecular complexity index is 720. The van der Waals surface area contributed by atoms with E-state index in [1.807, 2.05) is 28.9 Å². The highest BCUT2D eigenvalue weighted by atomic mass is 79.9. The maximum absolute atomic E-state index is 4.47. The van der Waals surface area contributed by atoms with Crippen molar-refractivity contribution in [3.05, 3.63) is 53.0 Å². The summed E-state index contributed by atoms with van der Waals surface area (Å²) in [6.07, 6.45) is 6.53. The Hall–Kier alpha value is -1.88. The van der Waals surface area contributed by atoms with Gasteiger partial charge in [0.1, 0.15) is 4.60 Å². The van der Waals surface area contributed by atoms with E-state index in [9.17, 15) is 0 Å². The molecule has 0 aliphatic heterocycles. The fraction of sp³-hybridized carbons (Fsp3) is 0.143. The van der Waals surface area contributed by atoms with Crippen molar-refractivity contribution in [3.63, 3.8) is 0 Å². The van der Waals surface area contributed by atoms with Crippen molar-refractivity contribution in [2.45, 2.75) is 13.3 Å². The van der Waals surface area contributed by atoms with Crippen LogP contribution in [0.1, 0.15) is 12.5 Å². The van der Waals surface area contributed by atoms with Gasteiger partial charge in [0.05, 0.1) is 0 Å². The van der Waals surface area contributed by atoms with Crippen LogP contribution in [0.4, 0.5) is 11.5 Å². The molecule has 96 valence electrons. The van der Waals surface area contributed by atoms with Crippen molar-refractivity contribution in [3.8, 4) is 0 Å². The molecule has 0 saturated carbocycles. The van der Waals surface area contributed by atoms with Gasteiger partial charge in [-0.3, -0.25) is 0 Å². The van der Waals surface area contributed by atoms with Gasteiger partial charge in [-0.15, -0.1) is 0 Å². The summed E-state index contributed by atoms with van der Waals surface area (Å²) in [5, 5.41) is 3.37. The van der Waals surface area contributed by atoms with Crippen LogP contribution in [0, 0.1) is 0 Å². The molecule has 3 rings (SSSR count). The zero-order valence-corrected chi connectivity index (χ0v) is 12.1. The highest BCUT2D eigenvalue weighted by Crippen LogP contribution is 2.24. The average molecular weight is 317 g/mol. The quantitative estimate of drug-likeness (QED) is 0.799. The predicted molar refractivity (Wildman–Crippen MR) is 79.8 cm³/mol. The molecule has 5 heteroatoms. The number of hydrogen-bond donors (Lipinski definition) is 1. The summed E-state index contributed by atoms with van der Waals surface area (Å²) >= 11 is 3.42. The Morgan fingerprint density at radius 1 is 1.32 bits per heavy atom. The molecule has 0 atom stereocenters. The monoisotopic (exact) mass is 316 g/mol. The molecule has 4 nitrogen and oxygen atoms in total. The number of nitrogens with zero attached hydrogens (tertiary/aromatic N) is 3. The van der Waals surface area contributed by atoms with E-state index < -0.39 is 0 Å². The lowest BCUT2D eigenvalue weighted by Crippen LogP contribution is -2.01. The lowest BCUT2D eigenvalue weighted by atomic mass is 10.1. The summed E-state index contributed by atoms with van der Waals surface area (Å²) < 4.78 is 2.71. The number of aryl methyl sites for hydroxylation is 1. The van der Waals surface area contributed by atoms with Crippen LogP contribution in [-0.4, -0.2) is 14.4 Å². The smallest absolute Gasteiger partial charge is 0.180 e. The Labute approximate surface area is 119 Å². The first-order valence-corrected chi connectivity index (χ1v) is 6.91. The zero-order chi connectivity index (χ0) is 13.2. The fourth-order valence-corrected chi connectivity index (χ4v) is 2.46. The second-order valence-electron chi connectivity index (χ2n) is 4.21. The van der Waals surface area contributed by atoms with Gasteiger partial charge in [0.15, 0.2) is 11.5 Å². The molecule has 1 aromatic carbocycles. The zero-order valence-electron chi connectivity index (χ0n) is 10.5. The first-order chi connectivity index (χ1) is 9.28. The van der Waals surface area contributed by atoms with Crippen LogP contribution >= 0.6 is 15.9 Å². The minimum absolute atomic E-state index is 0.750. The van der Waals surface area contributed by atoms with Gasteiger partial charge in [0.25, 0.3) is 0 Å². The number of hydrogen-bond acceptors (Lipinski definition) is 3. The molecule has 0 saturated heterocycles. The van der Waals surface area contributed by atoms with Gasteiger partial charge in [0, 0.05) is 24.3 Å². The lowest BCUT2D eigenvalue weighted by molar-refractivity contribution is 1.09. The van der Waals surface area contributed by atoms with Crippen molar-refractivity contribution in [2.75, 3.05) is 5.32 Å². The van der Waals surface area contributed by atoms with E-state index in [0.717, 1.165) is 28.2 Å². The van der Waals surface area contributed by atoms with Crippen molar-refractivity contribution in [2.24, 2.45) is 0 Å². The molecule has 2 aromatic heterocycles. The Morgan fingerprint density at radius 3 is 3.00 bits per heavy atom. The number of anilines is 2. The van der Waals surface area contributed by atoms with Crippen LogP contribution in [-0.2, 0) is 6.42 Å². The molecule has 0 unspecified atom stereocenters. The van der Waals surface area contributed by atoms with E-state index in [2.05, 4.69) is 50.3 Å². The van der Waals surface area contributed by atoms with Crippen LogP contribution < -0.4 is 5.32 Å². The van der Waals surface area contributed by atoms with E-state index >= 15 is 0 Å².